The first-order chi connectivity index (χ1) is 8.27. The molecular formula is C14H22N2O. The highest BCUT2D eigenvalue weighted by atomic mass is 16.3. The summed E-state index contributed by atoms with van der Waals surface area (Å²) in [7, 11) is 0. The van der Waals surface area contributed by atoms with Crippen molar-refractivity contribution < 1.29 is 5.11 Å². The Morgan fingerprint density at radius 1 is 1.41 bits per heavy atom. The van der Waals surface area contributed by atoms with E-state index in [9.17, 15) is 5.11 Å². The van der Waals surface area contributed by atoms with E-state index in [-0.39, 0.29) is 12.6 Å². The van der Waals surface area contributed by atoms with Crippen LogP contribution in [0.25, 0.3) is 0 Å². The second kappa shape index (κ2) is 5.52. The first-order valence-corrected chi connectivity index (χ1v) is 6.44. The molecule has 1 aliphatic rings. The first-order valence-electron chi connectivity index (χ1n) is 6.44. The average molecular weight is 234 g/mol. The summed E-state index contributed by atoms with van der Waals surface area (Å²) >= 11 is 0. The number of hydrogen-bond donors (Lipinski definition) is 2. The van der Waals surface area contributed by atoms with Crippen molar-refractivity contribution in [1.82, 2.24) is 0 Å². The first kappa shape index (κ1) is 12.4. The van der Waals surface area contributed by atoms with Crippen LogP contribution in [0.4, 0.5) is 5.69 Å². The molecule has 0 amide bonds. The van der Waals surface area contributed by atoms with E-state index in [1.807, 2.05) is 0 Å². The van der Waals surface area contributed by atoms with E-state index in [0.717, 1.165) is 13.0 Å². The number of anilines is 1. The summed E-state index contributed by atoms with van der Waals surface area (Å²) in [5.41, 5.74) is 9.51. The van der Waals surface area contributed by atoms with Crippen LogP contribution in [0.5, 0.6) is 0 Å². The van der Waals surface area contributed by atoms with Crippen LogP contribution >= 0.6 is 0 Å². The molecule has 0 aliphatic carbocycles. The average Bonchev–Trinajstić information content (AvgIpc) is 2.38. The van der Waals surface area contributed by atoms with Gasteiger partial charge in [-0.15, -0.1) is 0 Å². The predicted molar refractivity (Wildman–Crippen MR) is 71.1 cm³/mol. The summed E-state index contributed by atoms with van der Waals surface area (Å²) in [6.45, 7) is 3.95. The van der Waals surface area contributed by atoms with E-state index in [1.54, 1.807) is 0 Å². The third-order valence-electron chi connectivity index (χ3n) is 3.67. The lowest BCUT2D eigenvalue weighted by molar-refractivity contribution is 0.240. The molecule has 1 atom stereocenters. The Labute approximate surface area is 103 Å². The van der Waals surface area contributed by atoms with Crippen LogP contribution in [0.15, 0.2) is 18.2 Å². The Kier molecular flexibility index (Phi) is 4.02. The molecule has 1 fully saturated rings. The highest BCUT2D eigenvalue weighted by Crippen LogP contribution is 2.30. The van der Waals surface area contributed by atoms with Crippen molar-refractivity contribution in [2.24, 2.45) is 5.73 Å². The van der Waals surface area contributed by atoms with Crippen molar-refractivity contribution in [1.29, 1.82) is 0 Å². The number of aryl methyl sites for hydroxylation is 1. The molecule has 1 aromatic rings. The molecule has 2 rings (SSSR count). The number of nitrogens with zero attached hydrogens (tertiary/aromatic N) is 1. The molecule has 3 nitrogen and oxygen atoms in total. The summed E-state index contributed by atoms with van der Waals surface area (Å²) in [5.74, 6) is 0. The van der Waals surface area contributed by atoms with Gasteiger partial charge in [0.15, 0.2) is 0 Å². The van der Waals surface area contributed by atoms with Crippen molar-refractivity contribution in [2.45, 2.75) is 38.8 Å². The van der Waals surface area contributed by atoms with E-state index in [1.165, 1.54) is 29.7 Å². The summed E-state index contributed by atoms with van der Waals surface area (Å²) in [4.78, 5) is 2.35. The monoisotopic (exact) mass is 234 g/mol. The van der Waals surface area contributed by atoms with Crippen LogP contribution in [0.2, 0.25) is 0 Å². The second-order valence-corrected chi connectivity index (χ2v) is 4.81. The van der Waals surface area contributed by atoms with E-state index in [0.29, 0.717) is 6.54 Å². The zero-order valence-corrected chi connectivity index (χ0v) is 10.5. The highest BCUT2D eigenvalue weighted by Gasteiger charge is 2.24. The second-order valence-electron chi connectivity index (χ2n) is 4.81. The van der Waals surface area contributed by atoms with E-state index in [4.69, 9.17) is 5.73 Å². The molecule has 0 saturated carbocycles. The minimum atomic E-state index is 0.234. The van der Waals surface area contributed by atoms with Gasteiger partial charge < -0.3 is 15.7 Å². The largest absolute Gasteiger partial charge is 0.394 e. The van der Waals surface area contributed by atoms with E-state index in [2.05, 4.69) is 30.0 Å². The maximum atomic E-state index is 9.50. The number of nitrogens with two attached hydrogens (primary N) is 1. The van der Waals surface area contributed by atoms with Gasteiger partial charge in [0.2, 0.25) is 0 Å². The van der Waals surface area contributed by atoms with Gasteiger partial charge in [-0.1, -0.05) is 18.2 Å². The van der Waals surface area contributed by atoms with Crippen molar-refractivity contribution >= 4 is 5.69 Å². The van der Waals surface area contributed by atoms with Crippen molar-refractivity contribution in [2.75, 3.05) is 18.1 Å². The summed E-state index contributed by atoms with van der Waals surface area (Å²) in [5, 5.41) is 9.50. The lowest BCUT2D eigenvalue weighted by atomic mass is 9.98. The lowest BCUT2D eigenvalue weighted by Crippen LogP contribution is -2.42. The SMILES string of the molecule is Cc1cccc(CN)c1N1CCCCC1CO. The number of benzene rings is 1. The lowest BCUT2D eigenvalue weighted by Gasteiger charge is -2.38. The van der Waals surface area contributed by atoms with Gasteiger partial charge in [-0.25, -0.2) is 0 Å². The Morgan fingerprint density at radius 2 is 2.24 bits per heavy atom. The normalized spacial score (nSPS) is 20.6. The molecule has 94 valence electrons. The number of aliphatic hydroxyl groups excluding tert-OH is 1. The smallest absolute Gasteiger partial charge is 0.0635 e. The Bertz CT molecular complexity index is 378. The molecule has 1 heterocycles. The van der Waals surface area contributed by atoms with Gasteiger partial charge >= 0.3 is 0 Å². The minimum absolute atomic E-state index is 0.234. The van der Waals surface area contributed by atoms with Crippen LogP contribution < -0.4 is 10.6 Å². The van der Waals surface area contributed by atoms with Gasteiger partial charge in [-0.3, -0.25) is 0 Å². The summed E-state index contributed by atoms with van der Waals surface area (Å²) in [6.07, 6.45) is 3.50. The standard InChI is InChI=1S/C14H22N2O/c1-11-5-4-6-12(9-15)14(11)16-8-3-2-7-13(16)10-17/h4-6,13,17H,2-3,7-10,15H2,1H3. The summed E-state index contributed by atoms with van der Waals surface area (Å²) < 4.78 is 0. The molecule has 1 unspecified atom stereocenters. The Hall–Kier alpha value is -1.06. The molecule has 3 N–H and O–H groups in total. The number of para-hydroxylation sites is 1. The van der Waals surface area contributed by atoms with Gasteiger partial charge in [0, 0.05) is 18.8 Å². The molecule has 1 saturated heterocycles. The highest BCUT2D eigenvalue weighted by molar-refractivity contribution is 5.60. The Balaban J connectivity index is 2.36. The topological polar surface area (TPSA) is 49.5 Å². The molecule has 0 bridgehead atoms. The fraction of sp³-hybridized carbons (Fsp3) is 0.571. The molecule has 17 heavy (non-hydrogen) atoms. The molecule has 1 aliphatic heterocycles. The van der Waals surface area contributed by atoms with Crippen molar-refractivity contribution in [3.8, 4) is 0 Å². The number of hydrogen-bond acceptors (Lipinski definition) is 3. The minimum Gasteiger partial charge on any atom is -0.394 e. The number of rotatable bonds is 3. The summed E-state index contributed by atoms with van der Waals surface area (Å²) in [6, 6.07) is 6.53. The third kappa shape index (κ3) is 2.45. The van der Waals surface area contributed by atoms with Gasteiger partial charge in [-0.05, 0) is 37.3 Å². The molecular weight excluding hydrogens is 212 g/mol. The maximum absolute atomic E-state index is 9.50. The molecule has 0 radical (unpaired) electrons. The predicted octanol–water partition coefficient (Wildman–Crippen LogP) is 1.80. The fourth-order valence-corrected chi connectivity index (χ4v) is 2.78. The van der Waals surface area contributed by atoms with Crippen LogP contribution in [0, 0.1) is 6.92 Å². The molecule has 0 aromatic heterocycles. The number of piperidine rings is 1. The van der Waals surface area contributed by atoms with Crippen molar-refractivity contribution in [3.05, 3.63) is 29.3 Å². The van der Waals surface area contributed by atoms with E-state index >= 15 is 0 Å². The van der Waals surface area contributed by atoms with Crippen LogP contribution in [0.3, 0.4) is 0 Å². The molecule has 1 aromatic carbocycles. The molecule has 0 spiro atoms. The zero-order valence-electron chi connectivity index (χ0n) is 10.5. The fourth-order valence-electron chi connectivity index (χ4n) is 2.78. The van der Waals surface area contributed by atoms with Gasteiger partial charge in [-0.2, -0.15) is 0 Å². The molecule has 3 heteroatoms. The maximum Gasteiger partial charge on any atom is 0.0635 e. The van der Waals surface area contributed by atoms with Gasteiger partial charge in [0.05, 0.1) is 12.6 Å². The van der Waals surface area contributed by atoms with Crippen molar-refractivity contribution in [3.63, 3.8) is 0 Å². The van der Waals surface area contributed by atoms with Gasteiger partial charge in [0.1, 0.15) is 0 Å². The Morgan fingerprint density at radius 3 is 2.94 bits per heavy atom. The van der Waals surface area contributed by atoms with Crippen LogP contribution in [-0.4, -0.2) is 24.3 Å². The number of aliphatic hydroxyl groups is 1. The van der Waals surface area contributed by atoms with E-state index < -0.39 is 0 Å². The van der Waals surface area contributed by atoms with Gasteiger partial charge in [0.25, 0.3) is 0 Å². The third-order valence-corrected chi connectivity index (χ3v) is 3.67. The van der Waals surface area contributed by atoms with Crippen LogP contribution in [-0.2, 0) is 6.54 Å². The quantitative estimate of drug-likeness (QED) is 0.838. The van der Waals surface area contributed by atoms with Crippen LogP contribution in [0.1, 0.15) is 30.4 Å². The zero-order chi connectivity index (χ0) is 12.3.